The van der Waals surface area contributed by atoms with Crippen LogP contribution in [-0.2, 0) is 9.59 Å². The van der Waals surface area contributed by atoms with Gasteiger partial charge in [-0.1, -0.05) is 13.8 Å². The van der Waals surface area contributed by atoms with Gasteiger partial charge in [0.1, 0.15) is 11.5 Å². The van der Waals surface area contributed by atoms with Gasteiger partial charge in [-0.15, -0.1) is 12.4 Å². The van der Waals surface area contributed by atoms with Gasteiger partial charge in [0.05, 0.1) is 25.8 Å². The van der Waals surface area contributed by atoms with E-state index in [1.54, 1.807) is 37.3 Å². The van der Waals surface area contributed by atoms with Gasteiger partial charge in [0.15, 0.2) is 0 Å². The van der Waals surface area contributed by atoms with Gasteiger partial charge in [-0.25, -0.2) is 0 Å². The fourth-order valence-electron chi connectivity index (χ4n) is 3.03. The highest BCUT2D eigenvalue weighted by Gasteiger charge is 2.37. The van der Waals surface area contributed by atoms with Crippen LogP contribution >= 0.6 is 12.4 Å². The molecule has 0 aliphatic carbocycles. The van der Waals surface area contributed by atoms with Crippen LogP contribution in [-0.4, -0.2) is 44.7 Å². The normalized spacial score (nSPS) is 16.7. The number of carbonyl (C=O) groups excluding carboxylic acids is 2. The summed E-state index contributed by atoms with van der Waals surface area (Å²) in [5.74, 6) is 0.553. The molecule has 1 unspecified atom stereocenters. The maximum Gasteiger partial charge on any atom is 0.227 e. The van der Waals surface area contributed by atoms with E-state index in [4.69, 9.17) is 15.2 Å². The Labute approximate surface area is 167 Å². The number of carbonyl (C=O) groups is 2. The van der Waals surface area contributed by atoms with Gasteiger partial charge in [-0.3, -0.25) is 9.59 Å². The van der Waals surface area contributed by atoms with Crippen molar-refractivity contribution in [2.75, 3.05) is 32.2 Å². The topological polar surface area (TPSA) is 93.9 Å². The molecule has 152 valence electrons. The Morgan fingerprint density at radius 3 is 2.52 bits per heavy atom. The molecule has 1 aliphatic rings. The van der Waals surface area contributed by atoms with Gasteiger partial charge < -0.3 is 25.4 Å². The first-order valence-corrected chi connectivity index (χ1v) is 8.96. The summed E-state index contributed by atoms with van der Waals surface area (Å²) in [7, 11) is 3.11. The fraction of sp³-hybridized carbons (Fsp3) is 0.579. The van der Waals surface area contributed by atoms with Gasteiger partial charge in [-0.2, -0.15) is 0 Å². The molecule has 1 saturated heterocycles. The van der Waals surface area contributed by atoms with E-state index >= 15 is 0 Å². The third-order valence-electron chi connectivity index (χ3n) is 5.20. The molecule has 2 amide bonds. The lowest BCUT2D eigenvalue weighted by Crippen LogP contribution is -2.50. The van der Waals surface area contributed by atoms with Crippen LogP contribution in [0.5, 0.6) is 11.5 Å². The molecule has 3 N–H and O–H groups in total. The third kappa shape index (κ3) is 5.26. The van der Waals surface area contributed by atoms with E-state index in [0.29, 0.717) is 30.3 Å². The van der Waals surface area contributed by atoms with E-state index < -0.39 is 11.5 Å². The Morgan fingerprint density at radius 2 is 1.96 bits per heavy atom. The van der Waals surface area contributed by atoms with Crippen LogP contribution in [0.2, 0.25) is 0 Å². The second-order valence-electron chi connectivity index (χ2n) is 6.73. The molecule has 0 aromatic heterocycles. The van der Waals surface area contributed by atoms with Crippen molar-refractivity contribution in [1.82, 2.24) is 5.32 Å². The van der Waals surface area contributed by atoms with Crippen LogP contribution in [0, 0.1) is 5.92 Å². The second kappa shape index (κ2) is 9.80. The molecule has 0 bridgehead atoms. The summed E-state index contributed by atoms with van der Waals surface area (Å²) in [6.45, 7) is 4.75. The van der Waals surface area contributed by atoms with E-state index in [-0.39, 0.29) is 30.6 Å². The maximum atomic E-state index is 12.5. The molecule has 8 heteroatoms. The summed E-state index contributed by atoms with van der Waals surface area (Å²) < 4.78 is 10.6. The highest BCUT2D eigenvalue weighted by molar-refractivity contribution is 6.01. The zero-order valence-corrected chi connectivity index (χ0v) is 17.2. The first kappa shape index (κ1) is 23.0. The number of nitrogens with one attached hydrogen (secondary N) is 1. The minimum absolute atomic E-state index is 0. The van der Waals surface area contributed by atoms with E-state index in [1.165, 1.54) is 0 Å². The number of hydrogen-bond acceptors (Lipinski definition) is 5. The van der Waals surface area contributed by atoms with Gasteiger partial charge in [0.2, 0.25) is 11.8 Å². The molecular weight excluding hydrogens is 370 g/mol. The number of methoxy groups -OCH3 is 2. The highest BCUT2D eigenvalue weighted by Crippen LogP contribution is 2.35. The van der Waals surface area contributed by atoms with Crippen molar-refractivity contribution in [3.8, 4) is 11.5 Å². The first-order valence-electron chi connectivity index (χ1n) is 8.96. The van der Waals surface area contributed by atoms with Crippen LogP contribution in [0.3, 0.4) is 0 Å². The number of anilines is 1. The summed E-state index contributed by atoms with van der Waals surface area (Å²) in [6, 6.07) is 5.26. The lowest BCUT2D eigenvalue weighted by Gasteiger charge is -2.27. The standard InChI is InChI=1S/C19H29N3O4.ClH/c1-5-19(20,6-2)12-21-18(24)13-9-17(23)22(11-13)15-8-7-14(25-3)10-16(15)26-4;/h7-8,10,13H,5-6,9,11-12,20H2,1-4H3,(H,21,24);1H. The summed E-state index contributed by atoms with van der Waals surface area (Å²) in [5, 5.41) is 2.91. The van der Waals surface area contributed by atoms with Crippen LogP contribution in [0.1, 0.15) is 33.1 Å². The van der Waals surface area contributed by atoms with Crippen molar-refractivity contribution in [2.45, 2.75) is 38.6 Å². The van der Waals surface area contributed by atoms with Gasteiger partial charge in [0.25, 0.3) is 0 Å². The number of rotatable bonds is 8. The predicted octanol–water partition coefficient (Wildman–Crippen LogP) is 2.11. The van der Waals surface area contributed by atoms with Crippen molar-refractivity contribution in [3.05, 3.63) is 18.2 Å². The van der Waals surface area contributed by atoms with Crippen molar-refractivity contribution in [2.24, 2.45) is 11.7 Å². The first-order chi connectivity index (χ1) is 12.4. The molecule has 1 aliphatic heterocycles. The zero-order chi connectivity index (χ0) is 19.3. The Hall–Kier alpha value is -1.99. The summed E-state index contributed by atoms with van der Waals surface area (Å²) in [4.78, 5) is 26.6. The lowest BCUT2D eigenvalue weighted by molar-refractivity contribution is -0.126. The molecule has 0 spiro atoms. The van der Waals surface area contributed by atoms with E-state index in [9.17, 15) is 9.59 Å². The molecule has 2 rings (SSSR count). The molecule has 1 aromatic carbocycles. The fourth-order valence-corrected chi connectivity index (χ4v) is 3.03. The number of hydrogen-bond donors (Lipinski definition) is 2. The number of amides is 2. The Morgan fingerprint density at radius 1 is 1.30 bits per heavy atom. The highest BCUT2D eigenvalue weighted by atomic mass is 35.5. The smallest absolute Gasteiger partial charge is 0.227 e. The molecule has 0 radical (unpaired) electrons. The van der Waals surface area contributed by atoms with Crippen LogP contribution < -0.4 is 25.4 Å². The van der Waals surface area contributed by atoms with E-state index in [0.717, 1.165) is 12.8 Å². The molecule has 1 aromatic rings. The third-order valence-corrected chi connectivity index (χ3v) is 5.20. The van der Waals surface area contributed by atoms with Gasteiger partial charge in [-0.05, 0) is 25.0 Å². The quantitative estimate of drug-likeness (QED) is 0.698. The number of benzene rings is 1. The lowest BCUT2D eigenvalue weighted by atomic mass is 9.94. The SMILES string of the molecule is CCC(N)(CC)CNC(=O)C1CC(=O)N(c2ccc(OC)cc2OC)C1.Cl. The minimum atomic E-state index is -0.406. The van der Waals surface area contributed by atoms with Crippen LogP contribution in [0.4, 0.5) is 5.69 Å². The second-order valence-corrected chi connectivity index (χ2v) is 6.73. The zero-order valence-electron chi connectivity index (χ0n) is 16.4. The number of nitrogens with zero attached hydrogens (tertiary/aromatic N) is 1. The molecule has 0 saturated carbocycles. The monoisotopic (exact) mass is 399 g/mol. The molecule has 7 nitrogen and oxygen atoms in total. The van der Waals surface area contributed by atoms with Crippen LogP contribution in [0.15, 0.2) is 18.2 Å². The molecule has 1 atom stereocenters. The van der Waals surface area contributed by atoms with Gasteiger partial charge in [0, 0.05) is 31.1 Å². The maximum absolute atomic E-state index is 12.5. The van der Waals surface area contributed by atoms with E-state index in [1.807, 2.05) is 13.8 Å². The largest absolute Gasteiger partial charge is 0.497 e. The number of ether oxygens (including phenoxy) is 2. The van der Waals surface area contributed by atoms with Crippen molar-refractivity contribution in [1.29, 1.82) is 0 Å². The minimum Gasteiger partial charge on any atom is -0.497 e. The number of nitrogens with two attached hydrogens (primary N) is 1. The average Bonchev–Trinajstić information content (AvgIpc) is 3.06. The molecule has 1 heterocycles. The van der Waals surface area contributed by atoms with Crippen molar-refractivity contribution >= 4 is 29.9 Å². The summed E-state index contributed by atoms with van der Waals surface area (Å²) in [5.41, 5.74) is 6.47. The molecule has 27 heavy (non-hydrogen) atoms. The summed E-state index contributed by atoms with van der Waals surface area (Å²) in [6.07, 6.45) is 1.74. The number of halogens is 1. The predicted molar refractivity (Wildman–Crippen MR) is 108 cm³/mol. The Balaban J connectivity index is 0.00000364. The average molecular weight is 400 g/mol. The van der Waals surface area contributed by atoms with Crippen molar-refractivity contribution in [3.63, 3.8) is 0 Å². The Bertz CT molecular complexity index is 664. The van der Waals surface area contributed by atoms with E-state index in [2.05, 4.69) is 5.32 Å². The van der Waals surface area contributed by atoms with Gasteiger partial charge >= 0.3 is 0 Å². The van der Waals surface area contributed by atoms with Crippen LogP contribution in [0.25, 0.3) is 0 Å². The summed E-state index contributed by atoms with van der Waals surface area (Å²) >= 11 is 0. The molecule has 1 fully saturated rings. The molecular formula is C19H30ClN3O4. The van der Waals surface area contributed by atoms with Crippen molar-refractivity contribution < 1.29 is 19.1 Å². The Kier molecular flexibility index (Phi) is 8.37.